The molecule has 0 radical (unpaired) electrons. The summed E-state index contributed by atoms with van der Waals surface area (Å²) in [5, 5.41) is 11.6. The average molecular weight is 708 g/mol. The van der Waals surface area contributed by atoms with Gasteiger partial charge in [0.15, 0.2) is 12.3 Å². The molecule has 11 heteroatoms. The Morgan fingerprint density at radius 2 is 1.71 bits per heavy atom. The monoisotopic (exact) mass is 707 g/mol. The molecule has 0 bridgehead atoms. The molecular formula is C37H43N2O6S3+. The number of hydrogen-bond acceptors (Lipinski definition) is 7. The molecule has 0 fully saturated rings. The van der Waals surface area contributed by atoms with E-state index < -0.39 is 21.5 Å². The largest absolute Gasteiger partial charge is 0.481 e. The van der Waals surface area contributed by atoms with Crippen LogP contribution in [0.15, 0.2) is 96.8 Å². The lowest BCUT2D eigenvalue weighted by atomic mass is 9.77. The van der Waals surface area contributed by atoms with Crippen molar-refractivity contribution < 1.29 is 32.0 Å². The van der Waals surface area contributed by atoms with Crippen molar-refractivity contribution in [3.05, 3.63) is 108 Å². The number of fused-ring (bicyclic) bond motifs is 4. The molecule has 2 aliphatic heterocycles. The fraction of sp³-hybridized carbons (Fsp3) is 0.351. The third-order valence-electron chi connectivity index (χ3n) is 9.23. The van der Waals surface area contributed by atoms with Gasteiger partial charge in [-0.05, 0) is 69.6 Å². The molecule has 3 heterocycles. The highest BCUT2D eigenvalue weighted by atomic mass is 32.2. The highest BCUT2D eigenvalue weighted by Crippen LogP contribution is 2.57. The van der Waals surface area contributed by atoms with Gasteiger partial charge >= 0.3 is 5.97 Å². The van der Waals surface area contributed by atoms with Crippen LogP contribution in [-0.4, -0.2) is 63.5 Å². The zero-order chi connectivity index (χ0) is 34.5. The third kappa shape index (κ3) is 7.55. The van der Waals surface area contributed by atoms with Gasteiger partial charge in [-0.25, -0.2) is 0 Å². The van der Waals surface area contributed by atoms with E-state index in [0.29, 0.717) is 31.7 Å². The number of rotatable bonds is 15. The van der Waals surface area contributed by atoms with Crippen molar-refractivity contribution in [3.8, 4) is 0 Å². The number of anilines is 1. The second-order valence-corrected chi connectivity index (χ2v) is 16.1. The van der Waals surface area contributed by atoms with Crippen molar-refractivity contribution in [1.29, 1.82) is 0 Å². The van der Waals surface area contributed by atoms with E-state index in [1.165, 1.54) is 15.8 Å². The summed E-state index contributed by atoms with van der Waals surface area (Å²) in [5.41, 5.74) is 4.73. The van der Waals surface area contributed by atoms with Gasteiger partial charge in [-0.2, -0.15) is 13.0 Å². The molecule has 48 heavy (non-hydrogen) atoms. The van der Waals surface area contributed by atoms with Crippen molar-refractivity contribution in [2.75, 3.05) is 29.5 Å². The van der Waals surface area contributed by atoms with Crippen molar-refractivity contribution in [2.24, 2.45) is 0 Å². The summed E-state index contributed by atoms with van der Waals surface area (Å²) in [5.74, 6) is -0.526. The van der Waals surface area contributed by atoms with Gasteiger partial charge in [-0.1, -0.05) is 66.8 Å². The van der Waals surface area contributed by atoms with Gasteiger partial charge in [0.05, 0.1) is 11.2 Å². The van der Waals surface area contributed by atoms with E-state index >= 15 is 0 Å². The van der Waals surface area contributed by atoms with Gasteiger partial charge in [0.25, 0.3) is 10.1 Å². The van der Waals surface area contributed by atoms with Crippen molar-refractivity contribution in [2.45, 2.75) is 57.3 Å². The minimum atomic E-state index is -4.09. The van der Waals surface area contributed by atoms with Crippen LogP contribution in [0.2, 0.25) is 0 Å². The number of para-hydroxylation sites is 1. The zero-order valence-corrected chi connectivity index (χ0v) is 30.0. The van der Waals surface area contributed by atoms with Crippen LogP contribution in [-0.2, 0) is 25.7 Å². The maximum atomic E-state index is 11.6. The molecule has 0 spiro atoms. The van der Waals surface area contributed by atoms with E-state index in [4.69, 9.17) is 0 Å². The fourth-order valence-corrected chi connectivity index (χ4v) is 9.15. The first-order chi connectivity index (χ1) is 22.9. The molecule has 3 N–H and O–H groups in total. The predicted octanol–water partition coefficient (Wildman–Crippen LogP) is 8.35. The molecular weight excluding hydrogens is 665 g/mol. The summed E-state index contributed by atoms with van der Waals surface area (Å²) < 4.78 is 45.5. The molecule has 1 unspecified atom stereocenters. The lowest BCUT2D eigenvalue weighted by Gasteiger charge is -2.31. The molecule has 2 aliphatic rings. The second kappa shape index (κ2) is 15.0. The lowest BCUT2D eigenvalue weighted by molar-refractivity contribution is -0.436. The van der Waals surface area contributed by atoms with E-state index in [1.54, 1.807) is 11.3 Å². The number of allylic oxidation sites excluding steroid dienone is 8. The maximum Gasteiger partial charge on any atom is 0.309 e. The smallest absolute Gasteiger partial charge is 0.309 e. The molecule has 2 aromatic carbocycles. The van der Waals surface area contributed by atoms with Crippen LogP contribution < -0.4 is 4.90 Å². The topological polar surface area (TPSA) is 118 Å². The normalized spacial score (nSPS) is 19.9. The molecule has 8 nitrogen and oxygen atoms in total. The molecule has 3 aromatic rings. The third-order valence-corrected chi connectivity index (χ3v) is 11.7. The molecule has 254 valence electrons. The Balaban J connectivity index is 1.43. The fourth-order valence-electron chi connectivity index (χ4n) is 7.01. The Bertz CT molecular complexity index is 1940. The quantitative estimate of drug-likeness (QED) is 0.0475. The zero-order valence-electron chi connectivity index (χ0n) is 27.5. The van der Waals surface area contributed by atoms with Gasteiger partial charge < -0.3 is 14.6 Å². The van der Waals surface area contributed by atoms with Gasteiger partial charge in [-0.15, -0.1) is 11.3 Å². The van der Waals surface area contributed by atoms with Gasteiger partial charge in [0.2, 0.25) is 5.69 Å². The summed E-state index contributed by atoms with van der Waals surface area (Å²) in [4.78, 5) is 13.7. The molecule has 0 saturated heterocycles. The van der Waals surface area contributed by atoms with Crippen molar-refractivity contribution in [1.82, 2.24) is 0 Å². The molecule has 5 rings (SSSR count). The number of carbonyl (C=O) groups is 1. The molecule has 1 atom stereocenters. The number of aliphatic carboxylic acids is 1. The SMILES string of the molecule is CC1(C)C(/C=C/C=C/C=C/C=C2\N(CCCSO)c3sc4ccccc4c3C2(C)CCCS(=O)(=O)O)=[N+](CCC(=O)O)c2ccccc21. The summed E-state index contributed by atoms with van der Waals surface area (Å²) in [7, 11) is -4.09. The van der Waals surface area contributed by atoms with Crippen LogP contribution in [0, 0.1) is 0 Å². The Morgan fingerprint density at radius 1 is 1.00 bits per heavy atom. The first kappa shape index (κ1) is 35.8. The molecule has 0 aliphatic carbocycles. The summed E-state index contributed by atoms with van der Waals surface area (Å²) in [6.45, 7) is 7.56. The van der Waals surface area contributed by atoms with Gasteiger partial charge in [0, 0.05) is 51.4 Å². The predicted molar refractivity (Wildman–Crippen MR) is 199 cm³/mol. The number of carboxylic acids is 1. The minimum Gasteiger partial charge on any atom is -0.481 e. The highest BCUT2D eigenvalue weighted by Gasteiger charge is 2.46. The molecule has 0 saturated carbocycles. The van der Waals surface area contributed by atoms with Gasteiger partial charge in [0.1, 0.15) is 11.4 Å². The van der Waals surface area contributed by atoms with E-state index in [2.05, 4.69) is 60.6 Å². The van der Waals surface area contributed by atoms with Crippen molar-refractivity contribution in [3.63, 3.8) is 0 Å². The maximum absolute atomic E-state index is 11.6. The van der Waals surface area contributed by atoms with E-state index in [9.17, 15) is 27.4 Å². The number of hydrogen-bond donors (Lipinski definition) is 3. The number of carboxylic acid groups (broad SMARTS) is 1. The lowest BCUT2D eigenvalue weighted by Crippen LogP contribution is -2.30. The Morgan fingerprint density at radius 3 is 2.46 bits per heavy atom. The first-order valence-corrected chi connectivity index (χ1v) is 19.4. The van der Waals surface area contributed by atoms with E-state index in [1.807, 2.05) is 60.7 Å². The molecule has 0 amide bonds. The molecule has 1 aromatic heterocycles. The van der Waals surface area contributed by atoms with Crippen molar-refractivity contribution >= 4 is 66.0 Å². The van der Waals surface area contributed by atoms with Crippen LogP contribution in [0.25, 0.3) is 10.1 Å². The van der Waals surface area contributed by atoms with E-state index in [-0.39, 0.29) is 17.6 Å². The second-order valence-electron chi connectivity index (χ2n) is 12.8. The Labute approximate surface area is 291 Å². The summed E-state index contributed by atoms with van der Waals surface area (Å²) in [6, 6.07) is 16.4. The standard InChI is InChI=1S/C37H42N2O6S3/c1-36(2)28-16-10-11-17-29(28)38(24-21-33(40)41)31(36)19-7-5-4-6-8-20-32-37(3,22-13-26-48(43,44)45)34-27-15-9-12-18-30(27)47-35(34)39(32)23-14-25-46-42/h4-12,15-20H,13-14,21-26H2,1-3H3,(H2-,40,41,42,43,44,45)/p+1. The van der Waals surface area contributed by atoms with Crippen LogP contribution in [0.4, 0.5) is 10.7 Å². The number of thiophene rings is 1. The van der Waals surface area contributed by atoms with Crippen LogP contribution >= 0.6 is 23.4 Å². The number of nitrogens with zero attached hydrogens (tertiary/aromatic N) is 2. The van der Waals surface area contributed by atoms with Crippen LogP contribution in [0.5, 0.6) is 0 Å². The van der Waals surface area contributed by atoms with Crippen LogP contribution in [0.3, 0.4) is 0 Å². The average Bonchev–Trinajstić information content (AvgIpc) is 3.60. The summed E-state index contributed by atoms with van der Waals surface area (Å²) in [6.07, 6.45) is 15.7. The minimum absolute atomic E-state index is 0.0436. The Hall–Kier alpha value is -3.48. The highest BCUT2D eigenvalue weighted by molar-refractivity contribution is 7.93. The summed E-state index contributed by atoms with van der Waals surface area (Å²) >= 11 is 2.55. The van der Waals surface area contributed by atoms with Gasteiger partial charge in [-0.3, -0.25) is 9.35 Å². The van der Waals surface area contributed by atoms with E-state index in [0.717, 1.165) is 45.9 Å². The number of benzene rings is 2. The first-order valence-electron chi connectivity index (χ1n) is 16.1. The Kier molecular flexibility index (Phi) is 11.2. The van der Waals surface area contributed by atoms with Crippen LogP contribution in [0.1, 0.15) is 57.6 Å².